The van der Waals surface area contributed by atoms with E-state index in [9.17, 15) is 4.39 Å². The van der Waals surface area contributed by atoms with Crippen LogP contribution in [0.2, 0.25) is 0 Å². The highest BCUT2D eigenvalue weighted by Gasteiger charge is 2.18. The first kappa shape index (κ1) is 22.0. The van der Waals surface area contributed by atoms with Crippen molar-refractivity contribution >= 4 is 35.6 Å². The number of nitrogens with zero attached hydrogens (tertiary/aromatic N) is 6. The van der Waals surface area contributed by atoms with Crippen molar-refractivity contribution in [2.24, 2.45) is 10.7 Å². The summed E-state index contributed by atoms with van der Waals surface area (Å²) in [5.41, 5.74) is 9.52. The van der Waals surface area contributed by atoms with Crippen molar-refractivity contribution in [2.75, 3.05) is 31.1 Å². The minimum Gasteiger partial charge on any atom is -0.370 e. The molecule has 158 valence electrons. The van der Waals surface area contributed by atoms with Crippen molar-refractivity contribution < 1.29 is 4.39 Å². The molecule has 1 aromatic heterocycles. The Balaban J connectivity index is 0.00000256. The van der Waals surface area contributed by atoms with Gasteiger partial charge in [0.25, 0.3) is 0 Å². The number of hydrogen-bond acceptors (Lipinski definition) is 4. The SMILES string of the molecule is I.NC(=NCc1ccc(Cn2cncn2)cc1)N1CCN(c2ccc(F)cc2)CC1. The molecule has 1 aliphatic rings. The van der Waals surface area contributed by atoms with Gasteiger partial charge in [-0.25, -0.2) is 19.0 Å². The van der Waals surface area contributed by atoms with Crippen LogP contribution >= 0.6 is 24.0 Å². The van der Waals surface area contributed by atoms with Gasteiger partial charge >= 0.3 is 0 Å². The molecule has 2 N–H and O–H groups in total. The molecule has 1 saturated heterocycles. The van der Waals surface area contributed by atoms with Crippen LogP contribution in [0.15, 0.2) is 66.2 Å². The van der Waals surface area contributed by atoms with Gasteiger partial charge in [-0.15, -0.1) is 24.0 Å². The Morgan fingerprint density at radius 3 is 2.27 bits per heavy atom. The van der Waals surface area contributed by atoms with Crippen molar-refractivity contribution in [3.8, 4) is 0 Å². The predicted molar refractivity (Wildman–Crippen MR) is 126 cm³/mol. The first-order chi connectivity index (χ1) is 14.2. The zero-order valence-electron chi connectivity index (χ0n) is 16.6. The molecule has 30 heavy (non-hydrogen) atoms. The van der Waals surface area contributed by atoms with Gasteiger partial charge in [-0.2, -0.15) is 5.10 Å². The second kappa shape index (κ2) is 10.4. The third kappa shape index (κ3) is 5.68. The zero-order chi connectivity index (χ0) is 20.1. The maximum Gasteiger partial charge on any atom is 0.191 e. The molecule has 9 heteroatoms. The fourth-order valence-electron chi connectivity index (χ4n) is 3.37. The van der Waals surface area contributed by atoms with E-state index in [-0.39, 0.29) is 29.8 Å². The van der Waals surface area contributed by atoms with Gasteiger partial charge in [0.05, 0.1) is 13.1 Å². The molecule has 0 saturated carbocycles. The van der Waals surface area contributed by atoms with E-state index in [0.29, 0.717) is 19.0 Å². The number of nitrogens with two attached hydrogens (primary N) is 1. The van der Waals surface area contributed by atoms with Crippen LogP contribution in [0.4, 0.5) is 10.1 Å². The molecule has 0 bridgehead atoms. The Morgan fingerprint density at radius 1 is 0.967 bits per heavy atom. The smallest absolute Gasteiger partial charge is 0.191 e. The molecule has 4 rings (SSSR count). The molecule has 2 aromatic carbocycles. The molecule has 0 radical (unpaired) electrons. The summed E-state index contributed by atoms with van der Waals surface area (Å²) in [6, 6.07) is 14.9. The van der Waals surface area contributed by atoms with Crippen LogP contribution in [0.25, 0.3) is 0 Å². The van der Waals surface area contributed by atoms with Crippen LogP contribution in [-0.4, -0.2) is 51.8 Å². The van der Waals surface area contributed by atoms with Gasteiger partial charge in [0.1, 0.15) is 18.5 Å². The molecule has 1 fully saturated rings. The maximum absolute atomic E-state index is 13.1. The molecule has 3 aromatic rings. The van der Waals surface area contributed by atoms with Crippen molar-refractivity contribution in [1.82, 2.24) is 19.7 Å². The number of aliphatic imine (C=N–C) groups is 1. The van der Waals surface area contributed by atoms with Crippen molar-refractivity contribution in [3.63, 3.8) is 0 Å². The van der Waals surface area contributed by atoms with E-state index in [1.807, 2.05) is 12.1 Å². The highest BCUT2D eigenvalue weighted by molar-refractivity contribution is 14.0. The lowest BCUT2D eigenvalue weighted by Crippen LogP contribution is -2.51. The minimum atomic E-state index is -0.213. The summed E-state index contributed by atoms with van der Waals surface area (Å²) in [6.45, 7) is 4.50. The lowest BCUT2D eigenvalue weighted by atomic mass is 10.1. The number of rotatable bonds is 5. The highest BCUT2D eigenvalue weighted by Crippen LogP contribution is 2.17. The maximum atomic E-state index is 13.1. The average molecular weight is 521 g/mol. The lowest BCUT2D eigenvalue weighted by Gasteiger charge is -2.36. The summed E-state index contributed by atoms with van der Waals surface area (Å²) in [4.78, 5) is 12.8. The largest absolute Gasteiger partial charge is 0.370 e. The topological polar surface area (TPSA) is 75.6 Å². The van der Waals surface area contributed by atoms with Crippen molar-refractivity contribution in [3.05, 3.63) is 78.1 Å². The van der Waals surface area contributed by atoms with Gasteiger partial charge in [-0.05, 0) is 35.4 Å². The van der Waals surface area contributed by atoms with E-state index in [1.165, 1.54) is 18.5 Å². The summed E-state index contributed by atoms with van der Waals surface area (Å²) in [5, 5.41) is 4.12. The van der Waals surface area contributed by atoms with Crippen LogP contribution in [0.3, 0.4) is 0 Å². The Labute approximate surface area is 192 Å². The lowest BCUT2D eigenvalue weighted by molar-refractivity contribution is 0.380. The molecule has 0 unspecified atom stereocenters. The van der Waals surface area contributed by atoms with E-state index in [2.05, 4.69) is 49.1 Å². The van der Waals surface area contributed by atoms with Crippen LogP contribution in [0.5, 0.6) is 0 Å². The number of hydrogen-bond donors (Lipinski definition) is 1. The van der Waals surface area contributed by atoms with Crippen LogP contribution in [-0.2, 0) is 13.1 Å². The van der Waals surface area contributed by atoms with E-state index in [1.54, 1.807) is 11.0 Å². The summed E-state index contributed by atoms with van der Waals surface area (Å²) in [5.74, 6) is 0.352. The molecular weight excluding hydrogens is 496 g/mol. The standard InChI is InChI=1S/C21H24FN7.HI/c22-19-5-7-20(8-6-19)27-9-11-28(12-10-27)21(23)25-13-17-1-3-18(4-2-17)14-29-16-24-15-26-29;/h1-8,15-16H,9-14H2,(H2,23,25);1H. The second-order valence-electron chi connectivity index (χ2n) is 7.03. The van der Waals surface area contributed by atoms with Gasteiger partial charge in [-0.3, -0.25) is 0 Å². The first-order valence-corrected chi connectivity index (χ1v) is 9.63. The Kier molecular flexibility index (Phi) is 7.61. The van der Waals surface area contributed by atoms with Crippen LogP contribution in [0.1, 0.15) is 11.1 Å². The van der Waals surface area contributed by atoms with Crippen LogP contribution < -0.4 is 10.6 Å². The Morgan fingerprint density at radius 2 is 1.63 bits per heavy atom. The highest BCUT2D eigenvalue weighted by atomic mass is 127. The van der Waals surface area contributed by atoms with Crippen molar-refractivity contribution in [1.29, 1.82) is 0 Å². The minimum absolute atomic E-state index is 0. The Hall–Kier alpha value is -2.69. The number of piperazine rings is 1. The van der Waals surface area contributed by atoms with E-state index >= 15 is 0 Å². The van der Waals surface area contributed by atoms with Gasteiger partial charge < -0.3 is 15.5 Å². The van der Waals surface area contributed by atoms with Gasteiger partial charge in [-0.1, -0.05) is 24.3 Å². The molecular formula is C21H25FIN7. The van der Waals surface area contributed by atoms with Gasteiger partial charge in [0, 0.05) is 31.9 Å². The zero-order valence-corrected chi connectivity index (χ0v) is 18.9. The molecule has 0 aliphatic carbocycles. The number of aromatic nitrogens is 3. The number of halogens is 2. The molecule has 0 atom stereocenters. The van der Waals surface area contributed by atoms with Gasteiger partial charge in [0.2, 0.25) is 0 Å². The fourth-order valence-corrected chi connectivity index (χ4v) is 3.37. The van der Waals surface area contributed by atoms with E-state index in [4.69, 9.17) is 5.73 Å². The molecule has 2 heterocycles. The molecule has 0 spiro atoms. The fraction of sp³-hybridized carbons (Fsp3) is 0.286. The molecule has 1 aliphatic heterocycles. The van der Waals surface area contributed by atoms with Gasteiger partial charge in [0.15, 0.2) is 5.96 Å². The third-order valence-corrected chi connectivity index (χ3v) is 5.05. The molecule has 7 nitrogen and oxygen atoms in total. The van der Waals surface area contributed by atoms with Crippen molar-refractivity contribution in [2.45, 2.75) is 13.1 Å². The number of guanidine groups is 1. The normalized spacial score (nSPS) is 14.5. The third-order valence-electron chi connectivity index (χ3n) is 5.05. The number of benzene rings is 2. The molecule has 0 amide bonds. The predicted octanol–water partition coefficient (Wildman–Crippen LogP) is 2.72. The summed E-state index contributed by atoms with van der Waals surface area (Å²) < 4.78 is 14.9. The quantitative estimate of drug-likeness (QED) is 0.318. The first-order valence-electron chi connectivity index (χ1n) is 9.63. The average Bonchev–Trinajstić information content (AvgIpc) is 3.27. The summed E-state index contributed by atoms with van der Waals surface area (Å²) in [6.07, 6.45) is 3.24. The number of anilines is 1. The van der Waals surface area contributed by atoms with Crippen LogP contribution in [0, 0.1) is 5.82 Å². The van der Waals surface area contributed by atoms with E-state index in [0.717, 1.165) is 43.0 Å². The monoisotopic (exact) mass is 521 g/mol. The summed E-state index contributed by atoms with van der Waals surface area (Å²) >= 11 is 0. The Bertz CT molecular complexity index is 935. The second-order valence-corrected chi connectivity index (χ2v) is 7.03. The summed E-state index contributed by atoms with van der Waals surface area (Å²) in [7, 11) is 0. The van der Waals surface area contributed by atoms with E-state index < -0.39 is 0 Å².